The summed E-state index contributed by atoms with van der Waals surface area (Å²) >= 11 is 3.38. The van der Waals surface area contributed by atoms with Crippen LogP contribution in [-0.2, 0) is 27.3 Å². The molecule has 1 saturated heterocycles. The molecule has 49 heavy (non-hydrogen) atoms. The molecule has 2 N–H and O–H groups in total. The fourth-order valence-corrected chi connectivity index (χ4v) is 7.53. The molecular formula is C36H37BrN8O4. The Labute approximate surface area is 291 Å². The predicted octanol–water partition coefficient (Wildman–Crippen LogP) is 4.87. The van der Waals surface area contributed by atoms with Gasteiger partial charge >= 0.3 is 0 Å². The number of hydrogen-bond donors (Lipinski definition) is 2. The number of rotatable bonds is 4. The van der Waals surface area contributed by atoms with E-state index < -0.39 is 11.5 Å². The zero-order valence-corrected chi connectivity index (χ0v) is 29.2. The predicted molar refractivity (Wildman–Crippen MR) is 187 cm³/mol. The summed E-state index contributed by atoms with van der Waals surface area (Å²) < 4.78 is 2.20. The number of pyridine rings is 1. The third-order valence-electron chi connectivity index (χ3n) is 9.89. The molecule has 3 atom stereocenters. The number of carbonyl (C=O) groups is 4. The van der Waals surface area contributed by atoms with Gasteiger partial charge in [-0.05, 0) is 96.8 Å². The topological polar surface area (TPSA) is 152 Å². The van der Waals surface area contributed by atoms with E-state index in [1.165, 1.54) is 6.92 Å². The molecule has 12 nitrogen and oxygen atoms in total. The highest BCUT2D eigenvalue weighted by molar-refractivity contribution is 9.10. The first kappa shape index (κ1) is 32.8. The molecule has 1 aliphatic carbocycles. The number of benzene rings is 1. The molecule has 2 fully saturated rings. The van der Waals surface area contributed by atoms with Gasteiger partial charge in [-0.25, -0.2) is 15.0 Å². The van der Waals surface area contributed by atoms with E-state index in [1.54, 1.807) is 28.0 Å². The number of piperidine rings is 1. The lowest BCUT2D eigenvalue weighted by molar-refractivity contribution is -0.138. The molecule has 2 aliphatic heterocycles. The lowest BCUT2D eigenvalue weighted by Crippen LogP contribution is -2.47. The molecule has 3 amide bonds. The van der Waals surface area contributed by atoms with Gasteiger partial charge in [0.05, 0.1) is 5.52 Å². The Morgan fingerprint density at radius 1 is 1.06 bits per heavy atom. The highest BCUT2D eigenvalue weighted by Crippen LogP contribution is 2.59. The van der Waals surface area contributed by atoms with Gasteiger partial charge in [0.15, 0.2) is 5.78 Å². The van der Waals surface area contributed by atoms with Crippen molar-refractivity contribution in [2.45, 2.75) is 77.9 Å². The second-order valence-corrected chi connectivity index (χ2v) is 14.2. The van der Waals surface area contributed by atoms with Crippen LogP contribution in [0.5, 0.6) is 0 Å². The quantitative estimate of drug-likeness (QED) is 0.172. The number of hydrogen-bond acceptors (Lipinski definition) is 8. The third kappa shape index (κ3) is 6.39. The molecule has 0 radical (unpaired) electrons. The Kier molecular flexibility index (Phi) is 8.64. The Hall–Kier alpha value is -4.78. The maximum atomic E-state index is 14.4. The smallest absolute Gasteiger partial charge is 0.248 e. The van der Waals surface area contributed by atoms with E-state index in [0.717, 1.165) is 28.7 Å². The standard InChI is InChI=1S/C36H37BrN8O4/c1-20-10-11-29(37)41-34(20)42-35(49)27-14-36-15-28(36)45(27)31(48)18-44-33-23(8-6-4-5-7-9-30(47)40-19-36)12-24(25-16-38-22(3)39-17-25)13-26(33)32(43-44)21(2)46/h4,6,10-13,16-17,27-28H,5,7-9,14-15,18-19H2,1-3H3,(H,40,47)(H,41,42,49)/t27-,28+,36-/m0/s1. The monoisotopic (exact) mass is 724 g/mol. The number of aryl methyl sites for hydroxylation is 2. The van der Waals surface area contributed by atoms with Crippen LogP contribution in [0.15, 0.2) is 53.4 Å². The van der Waals surface area contributed by atoms with Gasteiger partial charge in [0.1, 0.15) is 34.5 Å². The van der Waals surface area contributed by atoms with Gasteiger partial charge in [0, 0.05) is 54.7 Å². The van der Waals surface area contributed by atoms with Crippen LogP contribution in [0.25, 0.3) is 22.0 Å². The van der Waals surface area contributed by atoms with Gasteiger partial charge in [-0.15, -0.1) is 0 Å². The number of anilines is 1. The zero-order chi connectivity index (χ0) is 34.4. The molecule has 3 aliphatic rings. The molecule has 1 aromatic carbocycles. The SMILES string of the molecule is CC(=O)c1nn2c3c(cc(-c4cnc(C)nc4)cc13)CC=CCCCC(=O)NC[C@@]13C[C@@H](C(=O)Nc4nc(Br)ccc4C)N(C(=O)C2)[C@@H]1C3. The van der Waals surface area contributed by atoms with Gasteiger partial charge in [0.25, 0.3) is 0 Å². The lowest BCUT2D eigenvalue weighted by atomic mass is 9.98. The lowest BCUT2D eigenvalue weighted by Gasteiger charge is -2.27. The first-order valence-electron chi connectivity index (χ1n) is 16.5. The number of aromatic nitrogens is 5. The second-order valence-electron chi connectivity index (χ2n) is 13.3. The molecule has 0 unspecified atom stereocenters. The van der Waals surface area contributed by atoms with Crippen LogP contribution < -0.4 is 10.6 Å². The maximum absolute atomic E-state index is 14.4. The molecule has 0 spiro atoms. The number of nitrogens with one attached hydrogen (secondary N) is 2. The summed E-state index contributed by atoms with van der Waals surface area (Å²) in [5, 5.41) is 11.4. The minimum absolute atomic E-state index is 0.0379. The largest absolute Gasteiger partial charge is 0.355 e. The van der Waals surface area contributed by atoms with Crippen molar-refractivity contribution in [3.8, 4) is 11.1 Å². The average molecular weight is 726 g/mol. The number of ketones is 1. The van der Waals surface area contributed by atoms with Gasteiger partial charge in [-0.3, -0.25) is 23.9 Å². The molecule has 2 bridgehead atoms. The number of carbonyl (C=O) groups excluding carboxylic acids is 4. The highest BCUT2D eigenvalue weighted by atomic mass is 79.9. The molecule has 4 aromatic rings. The van der Waals surface area contributed by atoms with Gasteiger partial charge < -0.3 is 15.5 Å². The Bertz CT molecular complexity index is 2040. The number of Topliss-reactive ketones (excluding diaryl/α,β-unsaturated/α-hetero) is 1. The summed E-state index contributed by atoms with van der Waals surface area (Å²) in [6, 6.07) is 6.60. The van der Waals surface area contributed by atoms with Gasteiger partial charge in [0.2, 0.25) is 17.7 Å². The van der Waals surface area contributed by atoms with Crippen LogP contribution >= 0.6 is 15.9 Å². The van der Waals surface area contributed by atoms with Crippen LogP contribution in [-0.4, -0.2) is 71.8 Å². The Morgan fingerprint density at radius 2 is 1.86 bits per heavy atom. The summed E-state index contributed by atoms with van der Waals surface area (Å²) in [7, 11) is 0. The fourth-order valence-electron chi connectivity index (χ4n) is 7.22. The molecule has 252 valence electrons. The molecule has 5 heterocycles. The molecule has 1 saturated carbocycles. The first-order valence-corrected chi connectivity index (χ1v) is 17.3. The zero-order valence-electron chi connectivity index (χ0n) is 27.6. The van der Waals surface area contributed by atoms with Crippen molar-refractivity contribution >= 4 is 56.2 Å². The van der Waals surface area contributed by atoms with E-state index in [0.29, 0.717) is 65.8 Å². The maximum Gasteiger partial charge on any atom is 0.248 e. The summed E-state index contributed by atoms with van der Waals surface area (Å²) in [4.78, 5) is 69.0. The normalized spacial score (nSPS) is 22.4. The molecule has 13 heteroatoms. The number of allylic oxidation sites excluding steroid dienone is 2. The minimum atomic E-state index is -0.771. The third-order valence-corrected chi connectivity index (χ3v) is 10.3. The molecule has 7 rings (SSSR count). The summed E-state index contributed by atoms with van der Waals surface area (Å²) in [5.74, 6) is 0.198. The summed E-state index contributed by atoms with van der Waals surface area (Å²) in [6.45, 7) is 5.38. The summed E-state index contributed by atoms with van der Waals surface area (Å²) in [6.07, 6.45) is 11.0. The Balaban J connectivity index is 1.30. The van der Waals surface area contributed by atoms with Crippen molar-refractivity contribution in [3.63, 3.8) is 0 Å². The summed E-state index contributed by atoms with van der Waals surface area (Å²) in [5.41, 5.74) is 3.87. The van der Waals surface area contributed by atoms with E-state index >= 15 is 0 Å². The van der Waals surface area contributed by atoms with Crippen molar-refractivity contribution in [2.75, 3.05) is 11.9 Å². The minimum Gasteiger partial charge on any atom is -0.355 e. The van der Waals surface area contributed by atoms with E-state index in [4.69, 9.17) is 5.10 Å². The highest BCUT2D eigenvalue weighted by Gasteiger charge is 2.67. The van der Waals surface area contributed by atoms with Crippen molar-refractivity contribution < 1.29 is 19.2 Å². The van der Waals surface area contributed by atoms with Crippen molar-refractivity contribution in [3.05, 3.63) is 76.1 Å². The van der Waals surface area contributed by atoms with Crippen LogP contribution in [0.2, 0.25) is 0 Å². The molecular weight excluding hydrogens is 688 g/mol. The van der Waals surface area contributed by atoms with E-state index in [2.05, 4.69) is 47.6 Å². The second kappa shape index (κ2) is 12.9. The Morgan fingerprint density at radius 3 is 2.63 bits per heavy atom. The molecule has 3 aromatic heterocycles. The van der Waals surface area contributed by atoms with E-state index in [9.17, 15) is 19.2 Å². The van der Waals surface area contributed by atoms with Gasteiger partial charge in [-0.2, -0.15) is 5.10 Å². The van der Waals surface area contributed by atoms with Crippen LogP contribution in [0.3, 0.4) is 0 Å². The van der Waals surface area contributed by atoms with Crippen LogP contribution in [0.1, 0.15) is 66.5 Å². The van der Waals surface area contributed by atoms with Crippen molar-refractivity contribution in [2.24, 2.45) is 5.41 Å². The van der Waals surface area contributed by atoms with E-state index in [1.807, 2.05) is 38.1 Å². The number of amides is 3. The average Bonchev–Trinajstić information content (AvgIpc) is 3.48. The van der Waals surface area contributed by atoms with Gasteiger partial charge in [-0.1, -0.05) is 18.2 Å². The van der Waals surface area contributed by atoms with Crippen molar-refractivity contribution in [1.29, 1.82) is 0 Å². The first-order chi connectivity index (χ1) is 23.5. The fraction of sp³-hybridized carbons (Fsp3) is 0.389. The van der Waals surface area contributed by atoms with Crippen molar-refractivity contribution in [1.82, 2.24) is 34.9 Å². The van der Waals surface area contributed by atoms with E-state index in [-0.39, 0.29) is 41.8 Å². The van der Waals surface area contributed by atoms with Crippen LogP contribution in [0, 0.1) is 19.3 Å². The van der Waals surface area contributed by atoms with Crippen LogP contribution in [0.4, 0.5) is 5.82 Å². The number of halogens is 1. The number of nitrogens with zero attached hydrogens (tertiary/aromatic N) is 6.